The number of rotatable bonds is 9. The molecule has 1 aromatic rings. The molecule has 0 aliphatic carbocycles. The first-order valence-corrected chi connectivity index (χ1v) is 10.2. The fourth-order valence-corrected chi connectivity index (χ4v) is 3.22. The van der Waals surface area contributed by atoms with Crippen molar-refractivity contribution in [2.45, 2.75) is 65.0 Å². The van der Waals surface area contributed by atoms with E-state index in [0.29, 0.717) is 5.75 Å². The van der Waals surface area contributed by atoms with Crippen molar-refractivity contribution in [2.75, 3.05) is 13.7 Å². The highest BCUT2D eigenvalue weighted by Gasteiger charge is 2.52. The highest BCUT2D eigenvalue weighted by molar-refractivity contribution is 5.68. The molecule has 0 unspecified atom stereocenters. The van der Waals surface area contributed by atoms with Crippen molar-refractivity contribution in [2.24, 2.45) is 0 Å². The second-order valence-corrected chi connectivity index (χ2v) is 7.23. The molecule has 11 heteroatoms. The summed E-state index contributed by atoms with van der Waals surface area (Å²) in [6.07, 6.45) is -6.05. The summed E-state index contributed by atoms with van der Waals surface area (Å²) < 4.78 is 37.9. The molecule has 2 rings (SSSR count). The smallest absolute Gasteiger partial charge is 0.303 e. The minimum Gasteiger partial charge on any atom is -0.497 e. The third-order valence-electron chi connectivity index (χ3n) is 4.52. The van der Waals surface area contributed by atoms with Crippen LogP contribution in [0.1, 0.15) is 33.3 Å². The highest BCUT2D eigenvalue weighted by atomic mass is 16.7. The Hall–Kier alpha value is -3.18. The standard InChI is InChI=1S/C22H28O11/c1-12(23)28-11-18-19(30-13(2)24)20(31-14(3)25)21(32-15(4)26)22(33-18)29-10-16-6-8-17(27-5)9-7-16/h6-9,18-22H,10-11H2,1-5H3/t18-,19+,20+,21-,22+/m1/s1. The van der Waals surface area contributed by atoms with E-state index in [1.165, 1.54) is 6.92 Å². The summed E-state index contributed by atoms with van der Waals surface area (Å²) in [5.74, 6) is -2.05. The van der Waals surface area contributed by atoms with Gasteiger partial charge < -0.3 is 33.2 Å². The number of hydrogen-bond donors (Lipinski definition) is 0. The van der Waals surface area contributed by atoms with E-state index in [1.54, 1.807) is 31.4 Å². The van der Waals surface area contributed by atoms with Crippen molar-refractivity contribution in [1.29, 1.82) is 0 Å². The number of ether oxygens (including phenoxy) is 7. The Morgan fingerprint density at radius 2 is 1.33 bits per heavy atom. The molecule has 1 fully saturated rings. The van der Waals surface area contributed by atoms with Gasteiger partial charge in [0.25, 0.3) is 0 Å². The minimum atomic E-state index is -1.27. The van der Waals surface area contributed by atoms with Gasteiger partial charge in [0.05, 0.1) is 13.7 Å². The summed E-state index contributed by atoms with van der Waals surface area (Å²) in [5.41, 5.74) is 0.753. The number of benzene rings is 1. The van der Waals surface area contributed by atoms with Crippen molar-refractivity contribution in [1.82, 2.24) is 0 Å². The molecule has 182 valence electrons. The van der Waals surface area contributed by atoms with Gasteiger partial charge in [-0.25, -0.2) is 0 Å². The van der Waals surface area contributed by atoms with E-state index in [9.17, 15) is 19.2 Å². The molecular weight excluding hydrogens is 440 g/mol. The van der Waals surface area contributed by atoms with Crippen molar-refractivity contribution >= 4 is 23.9 Å². The van der Waals surface area contributed by atoms with Crippen LogP contribution in [0.25, 0.3) is 0 Å². The van der Waals surface area contributed by atoms with Gasteiger partial charge in [-0.2, -0.15) is 0 Å². The molecule has 1 saturated heterocycles. The fourth-order valence-electron chi connectivity index (χ4n) is 3.22. The largest absolute Gasteiger partial charge is 0.497 e. The van der Waals surface area contributed by atoms with Gasteiger partial charge in [-0.05, 0) is 17.7 Å². The molecule has 0 aromatic heterocycles. The van der Waals surface area contributed by atoms with E-state index in [0.717, 1.165) is 26.3 Å². The highest BCUT2D eigenvalue weighted by Crippen LogP contribution is 2.30. The van der Waals surface area contributed by atoms with Gasteiger partial charge >= 0.3 is 23.9 Å². The summed E-state index contributed by atoms with van der Waals surface area (Å²) >= 11 is 0. The molecule has 11 nitrogen and oxygen atoms in total. The van der Waals surface area contributed by atoms with Gasteiger partial charge in [-0.3, -0.25) is 19.2 Å². The summed E-state index contributed by atoms with van der Waals surface area (Å²) in [6.45, 7) is 4.39. The predicted octanol–water partition coefficient (Wildman–Crippen LogP) is 1.29. The third kappa shape index (κ3) is 8.03. The Kier molecular flexibility index (Phi) is 9.61. The van der Waals surface area contributed by atoms with Gasteiger partial charge in [0.1, 0.15) is 18.5 Å². The summed E-state index contributed by atoms with van der Waals surface area (Å²) in [6, 6.07) is 7.02. The Bertz CT molecular complexity index is 835. The van der Waals surface area contributed by atoms with E-state index >= 15 is 0 Å². The van der Waals surface area contributed by atoms with Crippen LogP contribution in [0.4, 0.5) is 0 Å². The second-order valence-electron chi connectivity index (χ2n) is 7.23. The van der Waals surface area contributed by atoms with Gasteiger partial charge in [0.2, 0.25) is 0 Å². The maximum Gasteiger partial charge on any atom is 0.303 e. The normalized spacial score (nSPS) is 24.3. The Labute approximate surface area is 191 Å². The van der Waals surface area contributed by atoms with Gasteiger partial charge in [0, 0.05) is 27.7 Å². The van der Waals surface area contributed by atoms with Crippen molar-refractivity contribution < 1.29 is 52.3 Å². The quantitative estimate of drug-likeness (QED) is 0.383. The molecule has 1 aliphatic heterocycles. The maximum absolute atomic E-state index is 11.8. The molecule has 5 atom stereocenters. The van der Waals surface area contributed by atoms with Crippen molar-refractivity contribution in [3.8, 4) is 5.75 Å². The number of carbonyl (C=O) groups excluding carboxylic acids is 4. The molecule has 1 aliphatic rings. The zero-order valence-corrected chi connectivity index (χ0v) is 19.1. The van der Waals surface area contributed by atoms with Gasteiger partial charge in [0.15, 0.2) is 24.6 Å². The number of carbonyl (C=O) groups is 4. The molecule has 33 heavy (non-hydrogen) atoms. The summed E-state index contributed by atoms with van der Waals surface area (Å²) in [4.78, 5) is 46.7. The van der Waals surface area contributed by atoms with Crippen molar-refractivity contribution in [3.05, 3.63) is 29.8 Å². The maximum atomic E-state index is 11.8. The van der Waals surface area contributed by atoms with E-state index in [2.05, 4.69) is 0 Å². The Morgan fingerprint density at radius 3 is 1.85 bits per heavy atom. The number of hydrogen-bond acceptors (Lipinski definition) is 11. The first kappa shape index (κ1) is 26.1. The lowest BCUT2D eigenvalue weighted by Gasteiger charge is -2.44. The third-order valence-corrected chi connectivity index (χ3v) is 4.52. The molecule has 1 aromatic carbocycles. The van der Waals surface area contributed by atoms with Gasteiger partial charge in [-0.15, -0.1) is 0 Å². The average molecular weight is 468 g/mol. The van der Waals surface area contributed by atoms with Crippen LogP contribution in [0, 0.1) is 0 Å². The van der Waals surface area contributed by atoms with Crippen LogP contribution in [-0.4, -0.2) is 68.3 Å². The molecular formula is C22H28O11. The lowest BCUT2D eigenvalue weighted by atomic mass is 9.98. The van der Waals surface area contributed by atoms with Gasteiger partial charge in [-0.1, -0.05) is 12.1 Å². The monoisotopic (exact) mass is 468 g/mol. The van der Waals surface area contributed by atoms with E-state index < -0.39 is 54.6 Å². The van der Waals surface area contributed by atoms with Crippen LogP contribution in [0.2, 0.25) is 0 Å². The summed E-state index contributed by atoms with van der Waals surface area (Å²) in [5, 5.41) is 0. The zero-order valence-electron chi connectivity index (χ0n) is 19.1. The molecule has 1 heterocycles. The molecule has 0 saturated carbocycles. The van der Waals surface area contributed by atoms with Crippen LogP contribution < -0.4 is 4.74 Å². The molecule has 0 amide bonds. The molecule has 0 N–H and O–H groups in total. The SMILES string of the molecule is COc1ccc(CO[C@H]2O[C@H](COC(C)=O)[C@H](OC(C)=O)[C@H](OC(C)=O)[C@H]2OC(C)=O)cc1. The van der Waals surface area contributed by atoms with Crippen LogP contribution in [0.5, 0.6) is 5.75 Å². The van der Waals surface area contributed by atoms with E-state index in [-0.39, 0.29) is 13.2 Å². The summed E-state index contributed by atoms with van der Waals surface area (Å²) in [7, 11) is 1.54. The first-order chi connectivity index (χ1) is 15.6. The van der Waals surface area contributed by atoms with E-state index in [4.69, 9.17) is 33.2 Å². The first-order valence-electron chi connectivity index (χ1n) is 10.2. The lowest BCUT2D eigenvalue weighted by Crippen LogP contribution is -2.62. The van der Waals surface area contributed by atoms with Crippen molar-refractivity contribution in [3.63, 3.8) is 0 Å². The fraction of sp³-hybridized carbons (Fsp3) is 0.545. The molecule has 0 bridgehead atoms. The van der Waals surface area contributed by atoms with Crippen LogP contribution >= 0.6 is 0 Å². The topological polar surface area (TPSA) is 133 Å². The molecule has 0 spiro atoms. The predicted molar refractivity (Wildman–Crippen MR) is 110 cm³/mol. The number of esters is 4. The van der Waals surface area contributed by atoms with E-state index in [1.807, 2.05) is 0 Å². The minimum absolute atomic E-state index is 0.0394. The Balaban J connectivity index is 2.33. The van der Waals surface area contributed by atoms with Crippen LogP contribution in [0.3, 0.4) is 0 Å². The zero-order chi connectivity index (χ0) is 24.5. The second kappa shape index (κ2) is 12.2. The molecule has 0 radical (unpaired) electrons. The van der Waals surface area contributed by atoms with Crippen LogP contribution in [0.15, 0.2) is 24.3 Å². The number of methoxy groups -OCH3 is 1. The van der Waals surface area contributed by atoms with Crippen LogP contribution in [-0.2, 0) is 54.2 Å². The average Bonchev–Trinajstić information content (AvgIpc) is 2.73. The lowest BCUT2D eigenvalue weighted by molar-refractivity contribution is -0.310. The Morgan fingerprint density at radius 1 is 0.788 bits per heavy atom.